The zero-order valence-electron chi connectivity index (χ0n) is 21.2. The Kier molecular flexibility index (Phi) is 7.99. The van der Waals surface area contributed by atoms with Crippen LogP contribution in [-0.4, -0.2) is 52.2 Å². The van der Waals surface area contributed by atoms with Gasteiger partial charge in [-0.1, -0.05) is 36.4 Å². The van der Waals surface area contributed by atoms with Crippen LogP contribution in [0.15, 0.2) is 59.5 Å². The van der Waals surface area contributed by atoms with Crippen LogP contribution in [0.25, 0.3) is 0 Å². The summed E-state index contributed by atoms with van der Waals surface area (Å²) in [5.74, 6) is -2.09. The van der Waals surface area contributed by atoms with Gasteiger partial charge in [0.25, 0.3) is 11.8 Å². The van der Waals surface area contributed by atoms with Gasteiger partial charge in [-0.2, -0.15) is 11.8 Å². The quantitative estimate of drug-likeness (QED) is 0.434. The fourth-order valence-electron chi connectivity index (χ4n) is 4.79. The van der Waals surface area contributed by atoms with Gasteiger partial charge in [0.2, 0.25) is 5.43 Å². The third-order valence-corrected chi connectivity index (χ3v) is 7.44. The Balaban J connectivity index is 1.48. The summed E-state index contributed by atoms with van der Waals surface area (Å²) >= 11 is 1.68. The number of rotatable bonds is 9. The van der Waals surface area contributed by atoms with E-state index in [9.17, 15) is 23.2 Å². The zero-order chi connectivity index (χ0) is 27.5. The first-order chi connectivity index (χ1) is 18.9. The highest BCUT2D eigenvalue weighted by Crippen LogP contribution is 2.32. The van der Waals surface area contributed by atoms with Gasteiger partial charge in [-0.05, 0) is 30.1 Å². The van der Waals surface area contributed by atoms with Gasteiger partial charge >= 0.3 is 0 Å². The molecule has 0 radical (unpaired) electrons. The molecule has 1 saturated heterocycles. The van der Waals surface area contributed by atoms with E-state index in [1.54, 1.807) is 16.7 Å². The van der Waals surface area contributed by atoms with Crippen LogP contribution in [0.4, 0.5) is 8.78 Å². The molecule has 2 amide bonds. The number of hydrogen-bond acceptors (Lipinski definition) is 6. The number of halogens is 2. The minimum absolute atomic E-state index is 0.0120. The minimum Gasteiger partial charge on any atom is -0.483 e. The molecule has 0 aliphatic carbocycles. The lowest BCUT2D eigenvalue weighted by atomic mass is 10.1. The summed E-state index contributed by atoms with van der Waals surface area (Å²) in [6, 6.07) is 12.0. The highest BCUT2D eigenvalue weighted by Gasteiger charge is 2.44. The van der Waals surface area contributed by atoms with Crippen molar-refractivity contribution in [2.45, 2.75) is 38.4 Å². The molecule has 2 aliphatic heterocycles. The first-order valence-corrected chi connectivity index (χ1v) is 13.9. The average molecular weight is 556 g/mol. The first kappa shape index (κ1) is 26.9. The Bertz CT molecular complexity index is 1450. The van der Waals surface area contributed by atoms with E-state index in [1.807, 2.05) is 36.6 Å². The maximum atomic E-state index is 14.1. The van der Waals surface area contributed by atoms with Crippen LogP contribution in [-0.2, 0) is 24.4 Å². The normalized spacial score (nSPS) is 18.0. The van der Waals surface area contributed by atoms with Gasteiger partial charge in [-0.25, -0.2) is 8.78 Å². The number of carbonyl (C=O) groups excluding carboxylic acids is 2. The van der Waals surface area contributed by atoms with Crippen LogP contribution in [0.3, 0.4) is 0 Å². The number of hydrogen-bond donors (Lipinski definition) is 1. The first-order valence-electron chi connectivity index (χ1n) is 12.5. The van der Waals surface area contributed by atoms with Crippen LogP contribution in [0.2, 0.25) is 0 Å². The van der Waals surface area contributed by atoms with E-state index in [2.05, 4.69) is 5.32 Å². The average Bonchev–Trinajstić information content (AvgIpc) is 3.34. The van der Waals surface area contributed by atoms with E-state index < -0.39 is 35.1 Å². The summed E-state index contributed by atoms with van der Waals surface area (Å²) < 4.78 is 40.7. The molecule has 3 aromatic rings. The number of nitrogens with one attached hydrogen (secondary N) is 1. The van der Waals surface area contributed by atoms with E-state index in [0.29, 0.717) is 6.61 Å². The fourth-order valence-corrected chi connectivity index (χ4v) is 5.29. The summed E-state index contributed by atoms with van der Waals surface area (Å²) in [6.07, 6.45) is 3.52. The van der Waals surface area contributed by atoms with Crippen LogP contribution < -0.4 is 15.5 Å². The second-order valence-electron chi connectivity index (χ2n) is 9.33. The number of amides is 2. The fraction of sp³-hybridized carbons (Fsp3) is 0.321. The zero-order valence-corrected chi connectivity index (χ0v) is 22.0. The van der Waals surface area contributed by atoms with Gasteiger partial charge in [-0.15, -0.1) is 0 Å². The lowest BCUT2D eigenvalue weighted by Crippen LogP contribution is -2.50. The molecule has 1 fully saturated rings. The molecule has 2 aromatic carbocycles. The van der Waals surface area contributed by atoms with E-state index >= 15 is 0 Å². The molecular formula is C28H27F2N3O5S. The van der Waals surface area contributed by atoms with Gasteiger partial charge in [0.1, 0.15) is 23.8 Å². The Hall–Kier alpha value is -3.70. The molecule has 1 aromatic heterocycles. The molecule has 0 bridgehead atoms. The molecular weight excluding hydrogens is 528 g/mol. The summed E-state index contributed by atoms with van der Waals surface area (Å²) in [7, 11) is 0. The lowest BCUT2D eigenvalue weighted by Gasteiger charge is -2.35. The van der Waals surface area contributed by atoms with Gasteiger partial charge in [0.05, 0.1) is 19.2 Å². The SMILES string of the molecule is CSCCC1COC2Cn3cc(C(=O)NCc4ccc(F)cc4F)c(=O)c(OCc4ccccc4)c3C(=O)N12. The van der Waals surface area contributed by atoms with Gasteiger partial charge in [0, 0.05) is 24.4 Å². The number of pyridine rings is 1. The number of nitrogens with zero attached hydrogens (tertiary/aromatic N) is 2. The van der Waals surface area contributed by atoms with Crippen LogP contribution in [0.1, 0.15) is 38.4 Å². The number of carbonyl (C=O) groups is 2. The topological polar surface area (TPSA) is 89.9 Å². The molecule has 2 aliphatic rings. The molecule has 39 heavy (non-hydrogen) atoms. The molecule has 2 atom stereocenters. The van der Waals surface area contributed by atoms with Gasteiger partial charge in [-0.3, -0.25) is 14.4 Å². The van der Waals surface area contributed by atoms with Crippen molar-refractivity contribution >= 4 is 23.6 Å². The smallest absolute Gasteiger partial charge is 0.276 e. The largest absolute Gasteiger partial charge is 0.483 e. The summed E-state index contributed by atoms with van der Waals surface area (Å²) in [6.45, 7) is 0.345. The molecule has 8 nitrogen and oxygen atoms in total. The second kappa shape index (κ2) is 11.6. The summed E-state index contributed by atoms with van der Waals surface area (Å²) in [5, 5.41) is 2.51. The number of ether oxygens (including phenoxy) is 2. The van der Waals surface area contributed by atoms with E-state index in [-0.39, 0.29) is 48.3 Å². The third-order valence-electron chi connectivity index (χ3n) is 6.79. The third kappa shape index (κ3) is 5.55. The maximum Gasteiger partial charge on any atom is 0.276 e. The molecule has 1 N–H and O–H groups in total. The molecule has 0 saturated carbocycles. The predicted octanol–water partition coefficient (Wildman–Crippen LogP) is 3.57. The predicted molar refractivity (Wildman–Crippen MR) is 142 cm³/mol. The Morgan fingerprint density at radius 1 is 1.18 bits per heavy atom. The molecule has 204 valence electrons. The van der Waals surface area contributed by atoms with Crippen molar-refractivity contribution in [2.24, 2.45) is 0 Å². The van der Waals surface area contributed by atoms with E-state index in [1.165, 1.54) is 16.8 Å². The molecule has 3 heterocycles. The van der Waals surface area contributed by atoms with Crippen LogP contribution >= 0.6 is 11.8 Å². The number of thioether (sulfide) groups is 1. The molecule has 5 rings (SSSR count). The van der Waals surface area contributed by atoms with E-state index in [0.717, 1.165) is 29.9 Å². The van der Waals surface area contributed by atoms with Gasteiger partial charge in [0.15, 0.2) is 17.7 Å². The summed E-state index contributed by atoms with van der Waals surface area (Å²) in [4.78, 5) is 42.1. The standard InChI is InChI=1S/C28H27F2N3O5S/c1-39-10-9-20-16-37-23-14-32-13-21(27(35)31-12-18-7-8-19(29)11-22(18)30)25(34)26(24(32)28(36)33(20)23)38-15-17-5-3-2-4-6-17/h2-8,11,13,20,23H,9-10,12,14-16H2,1H3,(H,31,35). The van der Waals surface area contributed by atoms with Crippen molar-refractivity contribution < 1.29 is 27.8 Å². The Labute approximate surface area is 227 Å². The highest BCUT2D eigenvalue weighted by molar-refractivity contribution is 7.98. The van der Waals surface area contributed by atoms with Crippen molar-refractivity contribution in [3.63, 3.8) is 0 Å². The van der Waals surface area contributed by atoms with Crippen molar-refractivity contribution in [1.29, 1.82) is 0 Å². The van der Waals surface area contributed by atoms with Gasteiger partial charge < -0.3 is 24.3 Å². The second-order valence-corrected chi connectivity index (χ2v) is 10.3. The van der Waals surface area contributed by atoms with E-state index in [4.69, 9.17) is 9.47 Å². The molecule has 11 heteroatoms. The van der Waals surface area contributed by atoms with Crippen LogP contribution in [0, 0.1) is 11.6 Å². The minimum atomic E-state index is -0.815. The van der Waals surface area contributed by atoms with Crippen LogP contribution in [0.5, 0.6) is 5.75 Å². The van der Waals surface area contributed by atoms with Crippen molar-refractivity contribution in [3.8, 4) is 5.75 Å². The number of benzene rings is 2. The summed E-state index contributed by atoms with van der Waals surface area (Å²) in [5.41, 5.74) is -0.108. The maximum absolute atomic E-state index is 14.1. The lowest BCUT2D eigenvalue weighted by molar-refractivity contribution is 0.00545. The monoisotopic (exact) mass is 555 g/mol. The Morgan fingerprint density at radius 2 is 1.97 bits per heavy atom. The molecule has 2 unspecified atom stereocenters. The van der Waals surface area contributed by atoms with Crippen molar-refractivity contribution in [2.75, 3.05) is 18.6 Å². The van der Waals surface area contributed by atoms with Crippen molar-refractivity contribution in [3.05, 3.63) is 99.0 Å². The van der Waals surface area contributed by atoms with Crippen molar-refractivity contribution in [1.82, 2.24) is 14.8 Å². The highest BCUT2D eigenvalue weighted by atomic mass is 32.2. The number of fused-ring (bicyclic) bond motifs is 2. The Morgan fingerprint density at radius 3 is 2.72 bits per heavy atom. The number of aromatic nitrogens is 1. The molecule has 0 spiro atoms.